The highest BCUT2D eigenvalue weighted by molar-refractivity contribution is 6.46. The molecule has 3 atom stereocenters. The Bertz CT molecular complexity index is 823. The molecule has 1 aromatic carbocycles. The van der Waals surface area contributed by atoms with Gasteiger partial charge in [-0.3, -0.25) is 9.59 Å². The molecular weight excluding hydrogens is 361 g/mol. The number of ether oxygens (including phenoxy) is 1. The van der Waals surface area contributed by atoms with Gasteiger partial charge in [-0.2, -0.15) is 0 Å². The van der Waals surface area contributed by atoms with Crippen molar-refractivity contribution in [2.24, 2.45) is 5.92 Å². The molecule has 148 valence electrons. The zero-order valence-corrected chi connectivity index (χ0v) is 15.6. The summed E-state index contributed by atoms with van der Waals surface area (Å²) in [5.41, 5.74) is 0.475. The number of aliphatic hydroxyl groups excluding tert-OH is 1. The van der Waals surface area contributed by atoms with Crippen LogP contribution in [0.3, 0.4) is 0 Å². The minimum absolute atomic E-state index is 0.0550. The highest BCUT2D eigenvalue weighted by Crippen LogP contribution is 2.38. The van der Waals surface area contributed by atoms with Gasteiger partial charge in [0.25, 0.3) is 11.7 Å². The molecule has 1 N–H and O–H groups in total. The molecule has 5 nitrogen and oxygen atoms in total. The summed E-state index contributed by atoms with van der Waals surface area (Å²) in [6.07, 6.45) is 8.35. The summed E-state index contributed by atoms with van der Waals surface area (Å²) >= 11 is 0. The lowest BCUT2D eigenvalue weighted by atomic mass is 9.83. The maximum Gasteiger partial charge on any atom is 0.295 e. The molecule has 1 amide bonds. The van der Waals surface area contributed by atoms with Gasteiger partial charge >= 0.3 is 0 Å². The first-order chi connectivity index (χ1) is 13.6. The Morgan fingerprint density at radius 1 is 1.18 bits per heavy atom. The first-order valence-electron chi connectivity index (χ1n) is 9.87. The van der Waals surface area contributed by atoms with Crippen LogP contribution in [0, 0.1) is 11.7 Å². The van der Waals surface area contributed by atoms with E-state index in [1.807, 2.05) is 0 Å². The number of ketones is 1. The Hall–Kier alpha value is -2.47. The van der Waals surface area contributed by atoms with Gasteiger partial charge in [0.15, 0.2) is 0 Å². The van der Waals surface area contributed by atoms with Gasteiger partial charge < -0.3 is 14.7 Å². The lowest BCUT2D eigenvalue weighted by molar-refractivity contribution is -0.141. The van der Waals surface area contributed by atoms with E-state index in [0.717, 1.165) is 32.1 Å². The summed E-state index contributed by atoms with van der Waals surface area (Å²) in [6, 6.07) is 4.83. The van der Waals surface area contributed by atoms with E-state index in [1.165, 1.54) is 24.3 Å². The molecule has 4 rings (SSSR count). The van der Waals surface area contributed by atoms with E-state index in [0.29, 0.717) is 18.7 Å². The Labute approximate surface area is 163 Å². The zero-order valence-electron chi connectivity index (χ0n) is 15.6. The van der Waals surface area contributed by atoms with Crippen LogP contribution in [0.2, 0.25) is 0 Å². The largest absolute Gasteiger partial charge is 0.507 e. The number of carbonyl (C=O) groups excluding carboxylic acids is 2. The Morgan fingerprint density at radius 3 is 2.61 bits per heavy atom. The molecule has 1 aliphatic carbocycles. The smallest absolute Gasteiger partial charge is 0.295 e. The van der Waals surface area contributed by atoms with E-state index in [9.17, 15) is 19.1 Å². The number of likely N-dealkylation sites (tertiary alicyclic amines) is 1. The fraction of sp³-hybridized carbons (Fsp3) is 0.455. The average molecular weight is 385 g/mol. The molecule has 0 saturated carbocycles. The zero-order chi connectivity index (χ0) is 19.7. The van der Waals surface area contributed by atoms with E-state index in [2.05, 4.69) is 12.2 Å². The summed E-state index contributed by atoms with van der Waals surface area (Å²) in [5.74, 6) is -1.85. The standard InChI is InChI=1S/C22H24FNO4/c23-16-10-8-15(9-11-16)20(25)18-19(14-5-2-1-3-6-14)24(22(27)21(18)26)13-17-7-4-12-28-17/h1-2,8-11,14,17,19,25H,3-7,12-13H2/b20-18+. The fourth-order valence-electron chi connectivity index (χ4n) is 4.47. The molecule has 1 aromatic rings. The number of rotatable bonds is 4. The van der Waals surface area contributed by atoms with Crippen LogP contribution in [-0.2, 0) is 14.3 Å². The predicted molar refractivity (Wildman–Crippen MR) is 102 cm³/mol. The minimum atomic E-state index is -0.667. The minimum Gasteiger partial charge on any atom is -0.507 e. The Kier molecular flexibility index (Phi) is 5.31. The molecule has 28 heavy (non-hydrogen) atoms. The van der Waals surface area contributed by atoms with Crippen LogP contribution >= 0.6 is 0 Å². The molecule has 2 fully saturated rings. The maximum atomic E-state index is 13.3. The number of hydrogen-bond acceptors (Lipinski definition) is 4. The number of carbonyl (C=O) groups is 2. The number of halogens is 1. The van der Waals surface area contributed by atoms with E-state index in [-0.39, 0.29) is 23.4 Å². The summed E-state index contributed by atoms with van der Waals surface area (Å²) < 4.78 is 19.0. The van der Waals surface area contributed by atoms with E-state index in [4.69, 9.17) is 4.74 Å². The van der Waals surface area contributed by atoms with Crippen LogP contribution in [0.1, 0.15) is 37.7 Å². The van der Waals surface area contributed by atoms with Crippen LogP contribution in [0.5, 0.6) is 0 Å². The summed E-state index contributed by atoms with van der Waals surface area (Å²) in [5, 5.41) is 10.9. The average Bonchev–Trinajstić information content (AvgIpc) is 3.31. The molecule has 0 aromatic heterocycles. The Balaban J connectivity index is 1.74. The van der Waals surface area contributed by atoms with Gasteiger partial charge in [-0.15, -0.1) is 0 Å². The summed E-state index contributed by atoms with van der Waals surface area (Å²) in [6.45, 7) is 1.02. The van der Waals surface area contributed by atoms with Gasteiger partial charge in [0.2, 0.25) is 0 Å². The first kappa shape index (κ1) is 18.9. The van der Waals surface area contributed by atoms with Crippen molar-refractivity contribution in [2.75, 3.05) is 13.2 Å². The van der Waals surface area contributed by atoms with Crippen molar-refractivity contribution in [3.8, 4) is 0 Å². The Morgan fingerprint density at radius 2 is 1.96 bits per heavy atom. The predicted octanol–water partition coefficient (Wildman–Crippen LogP) is 3.41. The third kappa shape index (κ3) is 3.49. The topological polar surface area (TPSA) is 66.8 Å². The normalized spacial score (nSPS) is 29.6. The third-order valence-electron chi connectivity index (χ3n) is 5.88. The van der Waals surface area contributed by atoms with E-state index < -0.39 is 23.5 Å². The number of benzene rings is 1. The molecule has 3 aliphatic rings. The monoisotopic (exact) mass is 385 g/mol. The summed E-state index contributed by atoms with van der Waals surface area (Å²) in [7, 11) is 0. The van der Waals surface area contributed by atoms with Crippen molar-refractivity contribution in [1.29, 1.82) is 0 Å². The molecule has 0 radical (unpaired) electrons. The molecule has 2 saturated heterocycles. The molecule has 0 bridgehead atoms. The van der Waals surface area contributed by atoms with Crippen molar-refractivity contribution < 1.29 is 23.8 Å². The number of Topliss-reactive ketones (excluding diaryl/α,β-unsaturated/α-hetero) is 1. The highest BCUT2D eigenvalue weighted by Gasteiger charge is 2.49. The molecule has 3 unspecified atom stereocenters. The molecular formula is C22H24FNO4. The highest BCUT2D eigenvalue weighted by atomic mass is 19.1. The van der Waals surface area contributed by atoms with Crippen LogP contribution in [0.4, 0.5) is 4.39 Å². The van der Waals surface area contributed by atoms with Gasteiger partial charge in [0, 0.05) is 18.7 Å². The molecule has 0 spiro atoms. The van der Waals surface area contributed by atoms with E-state index >= 15 is 0 Å². The fourth-order valence-corrected chi connectivity index (χ4v) is 4.47. The quantitative estimate of drug-likeness (QED) is 0.373. The van der Waals surface area contributed by atoms with Crippen LogP contribution in [0.15, 0.2) is 42.0 Å². The number of hydrogen-bond donors (Lipinski definition) is 1. The SMILES string of the molecule is O=C1C(=O)N(CC2CCCO2)C(C2CC=CCC2)/C1=C(\O)c1ccc(F)cc1. The second-order valence-corrected chi connectivity index (χ2v) is 7.68. The maximum absolute atomic E-state index is 13.3. The second kappa shape index (κ2) is 7.87. The first-order valence-corrected chi connectivity index (χ1v) is 9.87. The number of aliphatic hydroxyl groups is 1. The molecule has 2 aliphatic heterocycles. The van der Waals surface area contributed by atoms with Gasteiger partial charge in [0.05, 0.1) is 17.7 Å². The van der Waals surface area contributed by atoms with Gasteiger partial charge in [-0.05, 0) is 62.3 Å². The molecule has 6 heteroatoms. The van der Waals surface area contributed by atoms with Crippen molar-refractivity contribution in [3.63, 3.8) is 0 Å². The second-order valence-electron chi connectivity index (χ2n) is 7.68. The lowest BCUT2D eigenvalue weighted by Crippen LogP contribution is -2.43. The lowest BCUT2D eigenvalue weighted by Gasteiger charge is -2.33. The van der Waals surface area contributed by atoms with Crippen molar-refractivity contribution in [2.45, 2.75) is 44.2 Å². The summed E-state index contributed by atoms with van der Waals surface area (Å²) in [4.78, 5) is 27.3. The van der Waals surface area contributed by atoms with Crippen LogP contribution < -0.4 is 0 Å². The van der Waals surface area contributed by atoms with Gasteiger partial charge in [-0.1, -0.05) is 12.2 Å². The van der Waals surface area contributed by atoms with Crippen molar-refractivity contribution in [3.05, 3.63) is 53.4 Å². The van der Waals surface area contributed by atoms with Crippen molar-refractivity contribution >= 4 is 17.4 Å². The number of allylic oxidation sites excluding steroid dienone is 2. The van der Waals surface area contributed by atoms with Crippen LogP contribution in [-0.4, -0.2) is 47.0 Å². The van der Waals surface area contributed by atoms with E-state index in [1.54, 1.807) is 4.90 Å². The van der Waals surface area contributed by atoms with Gasteiger partial charge in [-0.25, -0.2) is 4.39 Å². The van der Waals surface area contributed by atoms with Gasteiger partial charge in [0.1, 0.15) is 11.6 Å². The van der Waals surface area contributed by atoms with Crippen molar-refractivity contribution in [1.82, 2.24) is 4.90 Å². The third-order valence-corrected chi connectivity index (χ3v) is 5.88. The number of nitrogens with zero attached hydrogens (tertiary/aromatic N) is 1. The number of amides is 1. The van der Waals surface area contributed by atoms with Crippen LogP contribution in [0.25, 0.3) is 5.76 Å². The molecule has 2 heterocycles.